The number of nitrogens with zero attached hydrogens (tertiary/aromatic N) is 1. The second-order valence-corrected chi connectivity index (χ2v) is 5.25. The number of aliphatic carboxylic acids is 1. The predicted molar refractivity (Wildman–Crippen MR) is 73.6 cm³/mol. The molecule has 0 aromatic heterocycles. The molecule has 0 aromatic rings. The summed E-state index contributed by atoms with van der Waals surface area (Å²) < 4.78 is 9.73. The Bertz CT molecular complexity index is 274. The maximum Gasteiger partial charge on any atom is 0.466 e. The summed E-state index contributed by atoms with van der Waals surface area (Å²) in [5.41, 5.74) is 0. The molecule has 0 amide bonds. The average molecular weight is 335 g/mol. The van der Waals surface area contributed by atoms with Gasteiger partial charge < -0.3 is 44.4 Å². The fraction of sp³-hybridized carbons (Fsp3) is 0.700. The van der Waals surface area contributed by atoms with Crippen LogP contribution in [0.3, 0.4) is 0 Å². The molecule has 0 rings (SSSR count). The van der Waals surface area contributed by atoms with Gasteiger partial charge in [-0.1, -0.05) is 6.58 Å². The molecule has 21 heavy (non-hydrogen) atoms. The number of carbonyl (C=O) groups is 1. The Balaban J connectivity index is -0.0000000939. The van der Waals surface area contributed by atoms with E-state index in [9.17, 15) is 0 Å². The summed E-state index contributed by atoms with van der Waals surface area (Å²) in [6.07, 6.45) is 0.722. The Labute approximate surface area is 124 Å². The number of aliphatic hydroxyl groups is 3. The SMILES string of the molecule is C=CC(=O)[O-].C[N+](C)(C)CCO.O=P(O)(O)O.OCCO. The molecule has 130 valence electrons. The van der Waals surface area contributed by atoms with Gasteiger partial charge in [0.05, 0.1) is 46.9 Å². The minimum Gasteiger partial charge on any atom is -0.545 e. The van der Waals surface area contributed by atoms with E-state index >= 15 is 0 Å². The van der Waals surface area contributed by atoms with Gasteiger partial charge in [-0.3, -0.25) is 0 Å². The first-order chi connectivity index (χ1) is 9.24. The van der Waals surface area contributed by atoms with Crippen molar-refractivity contribution in [3.8, 4) is 0 Å². The average Bonchev–Trinajstić information content (AvgIpc) is 2.26. The Morgan fingerprint density at radius 2 is 1.33 bits per heavy atom. The molecule has 0 atom stereocenters. The van der Waals surface area contributed by atoms with Crippen molar-refractivity contribution < 1.29 is 48.9 Å². The highest BCUT2D eigenvalue weighted by molar-refractivity contribution is 7.45. The molecule has 0 fully saturated rings. The van der Waals surface area contributed by atoms with Gasteiger partial charge in [-0.05, 0) is 6.08 Å². The number of phosphoric acid groups is 1. The van der Waals surface area contributed by atoms with Crippen molar-refractivity contribution in [3.05, 3.63) is 12.7 Å². The summed E-state index contributed by atoms with van der Waals surface area (Å²) in [7, 11) is 1.52. The number of hydrogen-bond donors (Lipinski definition) is 6. The lowest BCUT2D eigenvalue weighted by molar-refractivity contribution is -0.870. The Kier molecular flexibility index (Phi) is 23.2. The van der Waals surface area contributed by atoms with Crippen molar-refractivity contribution in [1.29, 1.82) is 0 Å². The zero-order valence-corrected chi connectivity index (χ0v) is 13.3. The van der Waals surface area contributed by atoms with E-state index in [0.29, 0.717) is 0 Å². The standard InChI is InChI=1S/C5H14NO.C3H4O2.C2H6O2.H3O4P/c1-6(2,3)4-5-7;1-2-3(4)5;3-1-2-4;1-5(2,3)4/h7H,4-5H2,1-3H3;2H,1H2,(H,4,5);3-4H,1-2H2;(H3,1,2,3,4)/q+1;;;/p-1. The van der Waals surface area contributed by atoms with Gasteiger partial charge in [0, 0.05) is 0 Å². The smallest absolute Gasteiger partial charge is 0.466 e. The van der Waals surface area contributed by atoms with Crippen LogP contribution in [-0.2, 0) is 9.36 Å². The fourth-order valence-electron chi connectivity index (χ4n) is 0.300. The minimum absolute atomic E-state index is 0.125. The summed E-state index contributed by atoms with van der Waals surface area (Å²) in [4.78, 5) is 30.7. The summed E-state index contributed by atoms with van der Waals surface area (Å²) in [6, 6.07) is 0. The van der Waals surface area contributed by atoms with E-state index < -0.39 is 13.8 Å². The van der Waals surface area contributed by atoms with Gasteiger partial charge in [-0.25, -0.2) is 4.57 Å². The number of rotatable bonds is 4. The van der Waals surface area contributed by atoms with Crippen molar-refractivity contribution in [1.82, 2.24) is 0 Å². The van der Waals surface area contributed by atoms with Gasteiger partial charge in [-0.15, -0.1) is 0 Å². The molecular weight excluding hydrogens is 309 g/mol. The zero-order valence-electron chi connectivity index (χ0n) is 12.4. The van der Waals surface area contributed by atoms with E-state index in [4.69, 9.17) is 44.5 Å². The van der Waals surface area contributed by atoms with Crippen LogP contribution < -0.4 is 5.11 Å². The molecular formula is C10H26NO9P. The maximum atomic E-state index is 9.14. The molecule has 0 radical (unpaired) electrons. The van der Waals surface area contributed by atoms with E-state index in [2.05, 4.69) is 27.7 Å². The zero-order chi connectivity index (χ0) is 18.1. The molecule has 11 heteroatoms. The lowest BCUT2D eigenvalue weighted by Gasteiger charge is -2.21. The molecule has 0 saturated heterocycles. The Hall–Kier alpha value is -0.840. The van der Waals surface area contributed by atoms with Crippen LogP contribution in [-0.4, -0.2) is 88.0 Å². The van der Waals surface area contributed by atoms with Gasteiger partial charge in [0.15, 0.2) is 0 Å². The minimum atomic E-state index is -4.64. The van der Waals surface area contributed by atoms with Crippen LogP contribution in [0.15, 0.2) is 12.7 Å². The van der Waals surface area contributed by atoms with Crippen molar-refractivity contribution in [2.24, 2.45) is 0 Å². The molecule has 0 saturated carbocycles. The van der Waals surface area contributed by atoms with Crippen LogP contribution in [0, 0.1) is 0 Å². The third kappa shape index (κ3) is 149. The van der Waals surface area contributed by atoms with Crippen LogP contribution in [0.4, 0.5) is 0 Å². The number of quaternary nitrogens is 1. The van der Waals surface area contributed by atoms with E-state index in [-0.39, 0.29) is 19.8 Å². The van der Waals surface area contributed by atoms with Gasteiger partial charge in [0.1, 0.15) is 6.54 Å². The number of carbonyl (C=O) groups excluding carboxylic acids is 1. The van der Waals surface area contributed by atoms with Crippen LogP contribution >= 0.6 is 7.82 Å². The third-order valence-electron chi connectivity index (χ3n) is 1.04. The van der Waals surface area contributed by atoms with E-state index in [1.807, 2.05) is 0 Å². The second-order valence-electron chi connectivity index (χ2n) is 4.22. The third-order valence-corrected chi connectivity index (χ3v) is 1.04. The van der Waals surface area contributed by atoms with Crippen LogP contribution in [0.5, 0.6) is 0 Å². The number of hydrogen-bond acceptors (Lipinski definition) is 6. The molecule has 0 aromatic carbocycles. The topological polar surface area (TPSA) is 179 Å². The summed E-state index contributed by atoms with van der Waals surface area (Å²) in [6.45, 7) is 3.76. The number of carboxylic acid groups (broad SMARTS) is 1. The Morgan fingerprint density at radius 3 is 1.33 bits per heavy atom. The monoisotopic (exact) mass is 335 g/mol. The van der Waals surface area contributed by atoms with Gasteiger partial charge in [-0.2, -0.15) is 0 Å². The highest BCUT2D eigenvalue weighted by atomic mass is 31.2. The fourth-order valence-corrected chi connectivity index (χ4v) is 0.300. The first-order valence-electron chi connectivity index (χ1n) is 5.49. The maximum absolute atomic E-state index is 9.14. The van der Waals surface area contributed by atoms with Crippen LogP contribution in [0.25, 0.3) is 0 Å². The lowest BCUT2D eigenvalue weighted by atomic mass is 10.5. The summed E-state index contributed by atoms with van der Waals surface area (Å²) >= 11 is 0. The number of aliphatic hydroxyl groups excluding tert-OH is 3. The molecule has 10 nitrogen and oxygen atoms in total. The van der Waals surface area contributed by atoms with Crippen molar-refractivity contribution in [3.63, 3.8) is 0 Å². The van der Waals surface area contributed by atoms with Crippen LogP contribution in [0.1, 0.15) is 0 Å². The van der Waals surface area contributed by atoms with Gasteiger partial charge >= 0.3 is 7.82 Å². The van der Waals surface area contributed by atoms with Gasteiger partial charge in [0.25, 0.3) is 0 Å². The van der Waals surface area contributed by atoms with Gasteiger partial charge in [0.2, 0.25) is 0 Å². The van der Waals surface area contributed by atoms with Crippen molar-refractivity contribution >= 4 is 13.8 Å². The van der Waals surface area contributed by atoms with E-state index in [1.54, 1.807) is 0 Å². The molecule has 0 unspecified atom stereocenters. The highest BCUT2D eigenvalue weighted by Crippen LogP contribution is 2.25. The quantitative estimate of drug-likeness (QED) is 0.174. The lowest BCUT2D eigenvalue weighted by Crippen LogP contribution is -2.36. The molecule has 0 aliphatic heterocycles. The summed E-state index contributed by atoms with van der Waals surface area (Å²) in [5, 5.41) is 32.8. The largest absolute Gasteiger partial charge is 0.545 e. The number of likely N-dealkylation sites (N-methyl/N-ethyl adjacent to an activating group) is 1. The molecule has 0 bridgehead atoms. The normalized spacial score (nSPS) is 9.76. The van der Waals surface area contributed by atoms with Crippen molar-refractivity contribution in [2.75, 3.05) is 47.5 Å². The summed E-state index contributed by atoms with van der Waals surface area (Å²) in [5.74, 6) is -1.23. The molecule has 0 aliphatic carbocycles. The van der Waals surface area contributed by atoms with Crippen molar-refractivity contribution in [2.45, 2.75) is 0 Å². The molecule has 6 N–H and O–H groups in total. The first kappa shape index (κ1) is 28.3. The molecule has 0 aliphatic rings. The van der Waals surface area contributed by atoms with E-state index in [1.165, 1.54) is 0 Å². The van der Waals surface area contributed by atoms with E-state index in [0.717, 1.165) is 17.1 Å². The highest BCUT2D eigenvalue weighted by Gasteiger charge is 2.02. The Morgan fingerprint density at radius 1 is 1.10 bits per heavy atom. The first-order valence-corrected chi connectivity index (χ1v) is 7.06. The number of carboxylic acids is 1. The molecule has 0 heterocycles. The second kappa shape index (κ2) is 17.2. The predicted octanol–water partition coefficient (Wildman–Crippen LogP) is -3.35. The van der Waals surface area contributed by atoms with Crippen LogP contribution in [0.2, 0.25) is 0 Å². The molecule has 0 spiro atoms.